The van der Waals surface area contributed by atoms with Crippen LogP contribution in [0.4, 0.5) is 4.39 Å². The van der Waals surface area contributed by atoms with Gasteiger partial charge in [-0.2, -0.15) is 5.10 Å². The van der Waals surface area contributed by atoms with Gasteiger partial charge in [0.05, 0.1) is 27.4 Å². The van der Waals surface area contributed by atoms with Crippen molar-refractivity contribution in [2.45, 2.75) is 74.6 Å². The van der Waals surface area contributed by atoms with E-state index in [2.05, 4.69) is 35.1 Å². The Morgan fingerprint density at radius 2 is 1.98 bits per heavy atom. The van der Waals surface area contributed by atoms with Crippen LogP contribution in [0.15, 0.2) is 64.5 Å². The maximum absolute atomic E-state index is 15.1. The van der Waals surface area contributed by atoms with Gasteiger partial charge in [0.15, 0.2) is 6.23 Å². The highest BCUT2D eigenvalue weighted by Crippen LogP contribution is 2.37. The summed E-state index contributed by atoms with van der Waals surface area (Å²) in [5.41, 5.74) is 4.16. The Bertz CT molecular complexity index is 1610. The van der Waals surface area contributed by atoms with E-state index in [1.54, 1.807) is 12.1 Å². The molecule has 224 valence electrons. The van der Waals surface area contributed by atoms with Crippen molar-refractivity contribution in [1.82, 2.24) is 25.0 Å². The number of hydrogen-bond acceptors (Lipinski definition) is 6. The number of benzene rings is 2. The third-order valence-corrected chi connectivity index (χ3v) is 9.15. The molecule has 1 aliphatic heterocycles. The van der Waals surface area contributed by atoms with Crippen LogP contribution in [0.3, 0.4) is 0 Å². The minimum atomic E-state index is -0.406. The van der Waals surface area contributed by atoms with Crippen LogP contribution in [0, 0.1) is 5.82 Å². The Labute approximate surface area is 256 Å². The third kappa shape index (κ3) is 7.00. The van der Waals surface area contributed by atoms with E-state index in [9.17, 15) is 4.79 Å². The fourth-order valence-corrected chi connectivity index (χ4v) is 6.34. The van der Waals surface area contributed by atoms with Crippen LogP contribution in [0.1, 0.15) is 79.5 Å². The lowest BCUT2D eigenvalue weighted by molar-refractivity contribution is -0.0367. The molecule has 0 spiro atoms. The number of amides is 1. The lowest BCUT2D eigenvalue weighted by Crippen LogP contribution is -2.26. The molecule has 1 atom stereocenters. The minimum Gasteiger partial charge on any atom is -0.356 e. The maximum Gasteiger partial charge on any atom is 0.252 e. The standard InChI is InChI=1S/C34H38FN5O2S/c1-3-39(4-2)22-23-11-12-24(36-21-23)15-18-30-27-17-16-26(20-31(27)40(38-30)32-10-5-6-19-42-32)43-33-28(8-7-9-29(33)35)34(41)37-25-13-14-25/h7-9,11-12,15-18,20-21,25,32H,3-6,10,13-14,19,22H2,1-2H3,(H,37,41)/b18-15+. The van der Waals surface area contributed by atoms with Crippen LogP contribution >= 0.6 is 11.8 Å². The second-order valence-corrected chi connectivity index (χ2v) is 12.3. The number of hydrogen-bond donors (Lipinski definition) is 1. The fraction of sp³-hybridized carbons (Fsp3) is 0.382. The first-order valence-electron chi connectivity index (χ1n) is 15.3. The van der Waals surface area contributed by atoms with Gasteiger partial charge in [-0.25, -0.2) is 9.07 Å². The molecule has 3 heterocycles. The van der Waals surface area contributed by atoms with E-state index in [-0.39, 0.29) is 18.2 Å². The molecule has 1 saturated carbocycles. The van der Waals surface area contributed by atoms with Crippen LogP contribution in [0.2, 0.25) is 0 Å². The zero-order valence-electron chi connectivity index (χ0n) is 24.8. The molecular weight excluding hydrogens is 561 g/mol. The summed E-state index contributed by atoms with van der Waals surface area (Å²) in [5, 5.41) is 8.95. The van der Waals surface area contributed by atoms with E-state index in [4.69, 9.17) is 9.84 Å². The maximum atomic E-state index is 15.1. The molecule has 1 N–H and O–H groups in total. The Balaban J connectivity index is 1.29. The number of aromatic nitrogens is 3. The second-order valence-electron chi connectivity index (χ2n) is 11.2. The van der Waals surface area contributed by atoms with Crippen molar-refractivity contribution in [3.8, 4) is 0 Å². The molecule has 43 heavy (non-hydrogen) atoms. The van der Waals surface area contributed by atoms with Crippen LogP contribution in [0.25, 0.3) is 23.1 Å². The molecule has 4 aromatic rings. The Morgan fingerprint density at radius 3 is 2.70 bits per heavy atom. The van der Waals surface area contributed by atoms with Crippen LogP contribution in [-0.4, -0.2) is 51.3 Å². The highest BCUT2D eigenvalue weighted by Gasteiger charge is 2.26. The van der Waals surface area contributed by atoms with Gasteiger partial charge in [-0.05, 0) is 99.3 Å². The number of fused-ring (bicyclic) bond motifs is 1. The molecule has 2 aromatic carbocycles. The van der Waals surface area contributed by atoms with Gasteiger partial charge in [-0.1, -0.05) is 37.7 Å². The molecule has 0 bridgehead atoms. The average Bonchev–Trinajstić information content (AvgIpc) is 3.78. The Morgan fingerprint density at radius 1 is 1.12 bits per heavy atom. The van der Waals surface area contributed by atoms with Gasteiger partial charge < -0.3 is 10.1 Å². The van der Waals surface area contributed by atoms with Crippen molar-refractivity contribution >= 4 is 40.7 Å². The van der Waals surface area contributed by atoms with Crippen molar-refractivity contribution < 1.29 is 13.9 Å². The molecule has 9 heteroatoms. The third-order valence-electron chi connectivity index (χ3n) is 8.04. The smallest absolute Gasteiger partial charge is 0.252 e. The number of halogens is 1. The molecule has 2 fully saturated rings. The minimum absolute atomic E-state index is 0.163. The van der Waals surface area contributed by atoms with Crippen LogP contribution < -0.4 is 5.32 Å². The van der Waals surface area contributed by atoms with Gasteiger partial charge in [0, 0.05) is 35.7 Å². The largest absolute Gasteiger partial charge is 0.356 e. The van der Waals surface area contributed by atoms with E-state index in [0.29, 0.717) is 17.1 Å². The van der Waals surface area contributed by atoms with Crippen molar-refractivity contribution in [3.63, 3.8) is 0 Å². The average molecular weight is 600 g/mol. The molecule has 1 amide bonds. The van der Waals surface area contributed by atoms with Gasteiger partial charge in [-0.15, -0.1) is 0 Å². The first-order chi connectivity index (χ1) is 21.0. The van der Waals surface area contributed by atoms with E-state index < -0.39 is 5.82 Å². The molecule has 2 aromatic heterocycles. The molecular formula is C34H38FN5O2S. The van der Waals surface area contributed by atoms with Crippen molar-refractivity contribution in [3.05, 3.63) is 83.1 Å². The molecule has 1 unspecified atom stereocenters. The zero-order chi connectivity index (χ0) is 29.8. The van der Waals surface area contributed by atoms with E-state index in [0.717, 1.165) is 78.9 Å². The molecule has 0 radical (unpaired) electrons. The lowest BCUT2D eigenvalue weighted by Gasteiger charge is -2.23. The predicted octanol–water partition coefficient (Wildman–Crippen LogP) is 7.33. The molecule has 6 rings (SSSR count). The highest BCUT2D eigenvalue weighted by molar-refractivity contribution is 7.99. The normalized spacial score (nSPS) is 17.3. The van der Waals surface area contributed by atoms with Gasteiger partial charge >= 0.3 is 0 Å². The lowest BCUT2D eigenvalue weighted by atomic mass is 10.1. The predicted molar refractivity (Wildman–Crippen MR) is 169 cm³/mol. The first kappa shape index (κ1) is 29.5. The van der Waals surface area contributed by atoms with Gasteiger partial charge in [0.1, 0.15) is 5.82 Å². The SMILES string of the molecule is CCN(CC)Cc1ccc(/C=C/c2nn(C3CCCCO3)c3cc(Sc4c(F)cccc4C(=O)NC4CC4)ccc23)nc1. The summed E-state index contributed by atoms with van der Waals surface area (Å²) in [5.74, 6) is -0.634. The number of rotatable bonds is 11. The Kier molecular flexibility index (Phi) is 9.21. The summed E-state index contributed by atoms with van der Waals surface area (Å²) in [6, 6.07) is 15.1. The monoisotopic (exact) mass is 599 g/mol. The number of nitrogens with zero attached hydrogens (tertiary/aromatic N) is 4. The number of carbonyl (C=O) groups excluding carboxylic acids is 1. The number of pyridine rings is 1. The van der Waals surface area contributed by atoms with E-state index in [1.165, 1.54) is 23.4 Å². The zero-order valence-corrected chi connectivity index (χ0v) is 25.6. The summed E-state index contributed by atoms with van der Waals surface area (Å²) in [6.45, 7) is 7.95. The number of carbonyl (C=O) groups is 1. The van der Waals surface area contributed by atoms with E-state index in [1.807, 2.05) is 47.3 Å². The first-order valence-corrected chi connectivity index (χ1v) is 16.1. The number of ether oxygens (including phenoxy) is 1. The topological polar surface area (TPSA) is 72.3 Å². The molecule has 7 nitrogen and oxygen atoms in total. The fourth-order valence-electron chi connectivity index (χ4n) is 5.36. The van der Waals surface area contributed by atoms with Gasteiger partial charge in [0.2, 0.25) is 0 Å². The summed E-state index contributed by atoms with van der Waals surface area (Å²) in [6.07, 6.45) is 10.7. The van der Waals surface area contributed by atoms with Gasteiger partial charge in [-0.3, -0.25) is 14.7 Å². The van der Waals surface area contributed by atoms with Crippen LogP contribution in [0.5, 0.6) is 0 Å². The van der Waals surface area contributed by atoms with Crippen molar-refractivity contribution in [2.24, 2.45) is 0 Å². The molecule has 1 aliphatic carbocycles. The van der Waals surface area contributed by atoms with Crippen molar-refractivity contribution in [1.29, 1.82) is 0 Å². The van der Waals surface area contributed by atoms with Gasteiger partial charge in [0.25, 0.3) is 5.91 Å². The van der Waals surface area contributed by atoms with Crippen molar-refractivity contribution in [2.75, 3.05) is 19.7 Å². The molecule has 1 saturated heterocycles. The summed E-state index contributed by atoms with van der Waals surface area (Å²) >= 11 is 1.27. The second kappa shape index (κ2) is 13.4. The summed E-state index contributed by atoms with van der Waals surface area (Å²) in [4.78, 5) is 21.1. The molecule has 2 aliphatic rings. The Hall–Kier alpha value is -3.53. The quantitative estimate of drug-likeness (QED) is 0.195. The summed E-state index contributed by atoms with van der Waals surface area (Å²) < 4.78 is 23.1. The highest BCUT2D eigenvalue weighted by atomic mass is 32.2. The van der Waals surface area contributed by atoms with Crippen LogP contribution in [-0.2, 0) is 11.3 Å². The number of nitrogens with one attached hydrogen (secondary N) is 1. The van der Waals surface area contributed by atoms with E-state index >= 15 is 4.39 Å². The summed E-state index contributed by atoms with van der Waals surface area (Å²) in [7, 11) is 0.